The van der Waals surface area contributed by atoms with Crippen LogP contribution in [0.1, 0.15) is 10.4 Å². The molecule has 3 aromatic rings. The van der Waals surface area contributed by atoms with Crippen molar-refractivity contribution in [2.45, 2.75) is 6.42 Å². The number of rotatable bonds is 3. The molecular formula is C14H13N3S. The van der Waals surface area contributed by atoms with Gasteiger partial charge in [0.1, 0.15) is 5.82 Å². The molecule has 0 aliphatic carbocycles. The molecule has 1 aromatic carbocycles. The fourth-order valence-corrected chi connectivity index (χ4v) is 2.63. The Morgan fingerprint density at radius 1 is 1.11 bits per heavy atom. The minimum atomic E-state index is 0.717. The number of nitrogen functional groups attached to an aromatic ring is 1. The lowest BCUT2D eigenvalue weighted by Crippen LogP contribution is -2.02. The van der Waals surface area contributed by atoms with E-state index in [9.17, 15) is 0 Å². The van der Waals surface area contributed by atoms with Crippen LogP contribution in [-0.4, -0.2) is 9.78 Å². The summed E-state index contributed by atoms with van der Waals surface area (Å²) >= 11 is 1.74. The van der Waals surface area contributed by atoms with E-state index in [-0.39, 0.29) is 0 Å². The Morgan fingerprint density at radius 2 is 1.94 bits per heavy atom. The van der Waals surface area contributed by atoms with Crippen LogP contribution in [0.15, 0.2) is 54.0 Å². The fraction of sp³-hybridized carbons (Fsp3) is 0.0714. The van der Waals surface area contributed by atoms with Crippen LogP contribution in [0, 0.1) is 0 Å². The zero-order chi connectivity index (χ0) is 12.4. The van der Waals surface area contributed by atoms with E-state index in [1.54, 1.807) is 16.0 Å². The van der Waals surface area contributed by atoms with Gasteiger partial charge in [0.25, 0.3) is 0 Å². The Balaban J connectivity index is 1.93. The van der Waals surface area contributed by atoms with Gasteiger partial charge in [0.05, 0.1) is 11.9 Å². The van der Waals surface area contributed by atoms with Gasteiger partial charge in [-0.3, -0.25) is 0 Å². The first kappa shape index (κ1) is 11.0. The summed E-state index contributed by atoms with van der Waals surface area (Å²) in [5, 5.41) is 6.44. The summed E-state index contributed by atoms with van der Waals surface area (Å²) in [6.07, 6.45) is 2.69. The van der Waals surface area contributed by atoms with Gasteiger partial charge in [-0.25, -0.2) is 4.68 Å². The molecule has 0 bridgehead atoms. The van der Waals surface area contributed by atoms with Crippen molar-refractivity contribution in [3.63, 3.8) is 0 Å². The molecule has 3 nitrogen and oxygen atoms in total. The third-order valence-corrected chi connectivity index (χ3v) is 3.71. The van der Waals surface area contributed by atoms with Crippen molar-refractivity contribution in [3.05, 3.63) is 64.5 Å². The van der Waals surface area contributed by atoms with Crippen LogP contribution < -0.4 is 5.73 Å². The van der Waals surface area contributed by atoms with Crippen LogP contribution >= 0.6 is 11.3 Å². The van der Waals surface area contributed by atoms with Crippen molar-refractivity contribution in [2.24, 2.45) is 0 Å². The average Bonchev–Trinajstić information content (AvgIpc) is 3.03. The zero-order valence-electron chi connectivity index (χ0n) is 9.78. The molecule has 0 amide bonds. The molecule has 3 rings (SSSR count). The maximum Gasteiger partial charge on any atom is 0.130 e. The molecule has 0 atom stereocenters. The predicted octanol–water partition coefficient (Wildman–Crippen LogP) is 3.11. The molecule has 0 saturated carbocycles. The van der Waals surface area contributed by atoms with Gasteiger partial charge in [0, 0.05) is 16.9 Å². The van der Waals surface area contributed by atoms with Gasteiger partial charge in [-0.05, 0) is 23.6 Å². The second-order valence-electron chi connectivity index (χ2n) is 4.06. The van der Waals surface area contributed by atoms with E-state index < -0.39 is 0 Å². The van der Waals surface area contributed by atoms with Gasteiger partial charge >= 0.3 is 0 Å². The zero-order valence-corrected chi connectivity index (χ0v) is 10.6. The van der Waals surface area contributed by atoms with Gasteiger partial charge in [-0.15, -0.1) is 11.3 Å². The Bertz CT molecular complexity index is 626. The SMILES string of the molecule is Nc1c(Cc2cccs2)cnn1-c1ccccc1. The maximum atomic E-state index is 6.16. The first-order valence-electron chi connectivity index (χ1n) is 5.75. The van der Waals surface area contributed by atoms with Crippen LogP contribution in [0.3, 0.4) is 0 Å². The summed E-state index contributed by atoms with van der Waals surface area (Å²) in [5.41, 5.74) is 8.22. The number of hydrogen-bond acceptors (Lipinski definition) is 3. The Hall–Kier alpha value is -2.07. The monoisotopic (exact) mass is 255 g/mol. The molecule has 0 radical (unpaired) electrons. The lowest BCUT2D eigenvalue weighted by Gasteiger charge is -2.04. The van der Waals surface area contributed by atoms with Crippen molar-refractivity contribution in [3.8, 4) is 5.69 Å². The number of aromatic nitrogens is 2. The predicted molar refractivity (Wildman–Crippen MR) is 75.1 cm³/mol. The molecule has 18 heavy (non-hydrogen) atoms. The van der Waals surface area contributed by atoms with Gasteiger partial charge in [0.15, 0.2) is 0 Å². The van der Waals surface area contributed by atoms with E-state index in [2.05, 4.69) is 22.6 Å². The number of thiophene rings is 1. The first-order chi connectivity index (χ1) is 8.84. The van der Waals surface area contributed by atoms with Crippen LogP contribution in [0.4, 0.5) is 5.82 Å². The Labute approximate surface area is 109 Å². The average molecular weight is 255 g/mol. The third-order valence-electron chi connectivity index (χ3n) is 2.83. The van der Waals surface area contributed by atoms with Gasteiger partial charge < -0.3 is 5.73 Å². The number of nitrogens with two attached hydrogens (primary N) is 1. The maximum absolute atomic E-state index is 6.16. The quantitative estimate of drug-likeness (QED) is 0.781. The minimum absolute atomic E-state index is 0.717. The summed E-state index contributed by atoms with van der Waals surface area (Å²) in [6.45, 7) is 0. The van der Waals surface area contributed by atoms with Gasteiger partial charge in [0.2, 0.25) is 0 Å². The summed E-state index contributed by atoms with van der Waals surface area (Å²) in [7, 11) is 0. The van der Waals surface area contributed by atoms with E-state index in [0.29, 0.717) is 0 Å². The van der Waals surface area contributed by atoms with Crippen LogP contribution in [0.2, 0.25) is 0 Å². The molecule has 0 saturated heterocycles. The van der Waals surface area contributed by atoms with Crippen LogP contribution in [-0.2, 0) is 6.42 Å². The number of benzene rings is 1. The van der Waals surface area contributed by atoms with Crippen molar-refractivity contribution in [1.29, 1.82) is 0 Å². The number of anilines is 1. The standard InChI is InChI=1S/C14H13N3S/c15-14-11(9-13-7-4-8-18-13)10-16-17(14)12-5-2-1-3-6-12/h1-8,10H,9,15H2. The first-order valence-corrected chi connectivity index (χ1v) is 6.63. The van der Waals surface area contributed by atoms with Crippen molar-refractivity contribution in [1.82, 2.24) is 9.78 Å². The van der Waals surface area contributed by atoms with Crippen molar-refractivity contribution >= 4 is 17.2 Å². The van der Waals surface area contributed by atoms with E-state index in [1.807, 2.05) is 36.5 Å². The normalized spacial score (nSPS) is 10.7. The molecule has 2 N–H and O–H groups in total. The molecular weight excluding hydrogens is 242 g/mol. The molecule has 0 fully saturated rings. The molecule has 0 spiro atoms. The second kappa shape index (κ2) is 4.66. The highest BCUT2D eigenvalue weighted by Crippen LogP contribution is 2.21. The highest BCUT2D eigenvalue weighted by molar-refractivity contribution is 7.09. The lowest BCUT2D eigenvalue weighted by molar-refractivity contribution is 0.891. The highest BCUT2D eigenvalue weighted by atomic mass is 32.1. The summed E-state index contributed by atoms with van der Waals surface area (Å²) < 4.78 is 1.78. The van der Waals surface area contributed by atoms with E-state index in [0.717, 1.165) is 23.5 Å². The summed E-state index contributed by atoms with van der Waals surface area (Å²) in [6, 6.07) is 14.1. The molecule has 2 aromatic heterocycles. The number of nitrogens with zero attached hydrogens (tertiary/aromatic N) is 2. The molecule has 0 unspecified atom stereocenters. The molecule has 90 valence electrons. The molecule has 4 heteroatoms. The Morgan fingerprint density at radius 3 is 2.67 bits per heavy atom. The number of para-hydroxylation sites is 1. The number of hydrogen-bond donors (Lipinski definition) is 1. The van der Waals surface area contributed by atoms with E-state index in [4.69, 9.17) is 5.73 Å². The van der Waals surface area contributed by atoms with E-state index >= 15 is 0 Å². The highest BCUT2D eigenvalue weighted by Gasteiger charge is 2.09. The molecule has 0 aliphatic heterocycles. The molecule has 2 heterocycles. The topological polar surface area (TPSA) is 43.8 Å². The van der Waals surface area contributed by atoms with Crippen LogP contribution in [0.5, 0.6) is 0 Å². The van der Waals surface area contributed by atoms with Gasteiger partial charge in [-0.1, -0.05) is 24.3 Å². The van der Waals surface area contributed by atoms with Crippen molar-refractivity contribution in [2.75, 3.05) is 5.73 Å². The lowest BCUT2D eigenvalue weighted by atomic mass is 10.2. The Kier molecular flexibility index (Phi) is 2.86. The minimum Gasteiger partial charge on any atom is -0.383 e. The smallest absolute Gasteiger partial charge is 0.130 e. The largest absolute Gasteiger partial charge is 0.383 e. The third kappa shape index (κ3) is 2.02. The summed E-state index contributed by atoms with van der Waals surface area (Å²) in [5.74, 6) is 0.717. The van der Waals surface area contributed by atoms with Crippen LogP contribution in [0.25, 0.3) is 5.69 Å². The molecule has 0 aliphatic rings. The summed E-state index contributed by atoms with van der Waals surface area (Å²) in [4.78, 5) is 1.30. The van der Waals surface area contributed by atoms with Gasteiger partial charge in [-0.2, -0.15) is 5.10 Å². The van der Waals surface area contributed by atoms with E-state index in [1.165, 1.54) is 4.88 Å². The van der Waals surface area contributed by atoms with Crippen molar-refractivity contribution < 1.29 is 0 Å². The second-order valence-corrected chi connectivity index (χ2v) is 5.09. The fourth-order valence-electron chi connectivity index (χ4n) is 1.90.